The molecule has 1 aromatic carbocycles. The molecule has 0 aliphatic carbocycles. The molecule has 0 amide bonds. The summed E-state index contributed by atoms with van der Waals surface area (Å²) in [5, 5.41) is 0.581. The monoisotopic (exact) mass is 266 g/mol. The normalized spacial score (nSPS) is 11.9. The van der Waals surface area contributed by atoms with Crippen molar-refractivity contribution in [3.63, 3.8) is 0 Å². The van der Waals surface area contributed by atoms with E-state index in [4.69, 9.17) is 0 Å². The van der Waals surface area contributed by atoms with Gasteiger partial charge in [-0.3, -0.25) is 0 Å². The largest absolute Gasteiger partial charge is 0.416 e. The molecule has 0 aliphatic rings. The first kappa shape index (κ1) is 11.6. The van der Waals surface area contributed by atoms with Gasteiger partial charge in [0.15, 0.2) is 0 Å². The van der Waals surface area contributed by atoms with Crippen molar-refractivity contribution in [2.24, 2.45) is 0 Å². The van der Waals surface area contributed by atoms with Crippen LogP contribution < -0.4 is 0 Å². The van der Waals surface area contributed by atoms with Gasteiger partial charge in [0.1, 0.15) is 0 Å². The Morgan fingerprint density at radius 2 is 1.71 bits per heavy atom. The predicted molar refractivity (Wildman–Crippen MR) is 53.5 cm³/mol. The highest BCUT2D eigenvalue weighted by atomic mass is 79.9. The highest BCUT2D eigenvalue weighted by Crippen LogP contribution is 2.34. The Labute approximate surface area is 89.3 Å². The summed E-state index contributed by atoms with van der Waals surface area (Å²) in [5.74, 6) is 0. The predicted octanol–water partition coefficient (Wildman–Crippen LogP) is 4.22. The van der Waals surface area contributed by atoms with Crippen molar-refractivity contribution in [1.82, 2.24) is 0 Å². The highest BCUT2D eigenvalue weighted by molar-refractivity contribution is 9.08. The van der Waals surface area contributed by atoms with Gasteiger partial charge in [0.2, 0.25) is 0 Å². The minimum Gasteiger partial charge on any atom is -0.166 e. The van der Waals surface area contributed by atoms with Crippen LogP contribution >= 0.6 is 15.9 Å². The van der Waals surface area contributed by atoms with Crippen LogP contribution in [0.5, 0.6) is 0 Å². The zero-order chi connectivity index (χ0) is 10.9. The summed E-state index contributed by atoms with van der Waals surface area (Å²) in [6, 6.07) is 2.65. The van der Waals surface area contributed by atoms with Crippen LogP contribution in [0.2, 0.25) is 0 Å². The van der Waals surface area contributed by atoms with Crippen molar-refractivity contribution in [3.05, 3.63) is 34.4 Å². The second-order valence-electron chi connectivity index (χ2n) is 3.15. The van der Waals surface area contributed by atoms with E-state index < -0.39 is 11.7 Å². The molecule has 0 heterocycles. The van der Waals surface area contributed by atoms with E-state index in [0.717, 1.165) is 11.6 Å². The van der Waals surface area contributed by atoms with Crippen molar-refractivity contribution in [2.45, 2.75) is 25.4 Å². The fourth-order valence-electron chi connectivity index (χ4n) is 1.33. The van der Waals surface area contributed by atoms with E-state index in [9.17, 15) is 13.2 Å². The third-order valence-corrected chi connectivity index (χ3v) is 2.95. The minimum absolute atomic E-state index is 0.314. The van der Waals surface area contributed by atoms with E-state index >= 15 is 0 Å². The highest BCUT2D eigenvalue weighted by Gasteiger charge is 2.32. The number of halogens is 4. The topological polar surface area (TPSA) is 0 Å². The van der Waals surface area contributed by atoms with Gasteiger partial charge in [0, 0.05) is 5.33 Å². The first-order valence-electron chi connectivity index (χ1n) is 4.10. The van der Waals surface area contributed by atoms with Gasteiger partial charge in [-0.15, -0.1) is 0 Å². The maximum Gasteiger partial charge on any atom is 0.416 e. The lowest BCUT2D eigenvalue weighted by Gasteiger charge is -2.14. The standard InChI is InChI=1S/C10H10BrF3/c1-6-7(2)9(10(12,13)14)4-3-8(6)5-11/h3-4H,5H2,1-2H3. The molecule has 0 nitrogen and oxygen atoms in total. The van der Waals surface area contributed by atoms with Crippen LogP contribution in [-0.2, 0) is 11.5 Å². The molecule has 0 fully saturated rings. The fraction of sp³-hybridized carbons (Fsp3) is 0.400. The summed E-state index contributed by atoms with van der Waals surface area (Å²) in [7, 11) is 0. The molecule has 78 valence electrons. The maximum atomic E-state index is 12.5. The molecule has 0 aliphatic heterocycles. The number of hydrogen-bond donors (Lipinski definition) is 0. The van der Waals surface area contributed by atoms with Gasteiger partial charge in [-0.2, -0.15) is 13.2 Å². The molecule has 0 spiro atoms. The van der Waals surface area contributed by atoms with Crippen LogP contribution in [-0.4, -0.2) is 0 Å². The summed E-state index contributed by atoms with van der Waals surface area (Å²) in [5.41, 5.74) is 1.38. The van der Waals surface area contributed by atoms with Crippen molar-refractivity contribution >= 4 is 15.9 Å². The van der Waals surface area contributed by atoms with Crippen molar-refractivity contribution in [2.75, 3.05) is 0 Å². The molecule has 0 saturated carbocycles. The van der Waals surface area contributed by atoms with Crippen LogP contribution in [0.25, 0.3) is 0 Å². The summed E-state index contributed by atoms with van der Waals surface area (Å²) in [6.07, 6.45) is -4.25. The van der Waals surface area contributed by atoms with E-state index in [1.165, 1.54) is 13.0 Å². The zero-order valence-electron chi connectivity index (χ0n) is 7.87. The minimum atomic E-state index is -4.25. The second-order valence-corrected chi connectivity index (χ2v) is 3.71. The Morgan fingerprint density at radius 1 is 1.14 bits per heavy atom. The molecule has 0 atom stereocenters. The number of rotatable bonds is 1. The van der Waals surface area contributed by atoms with E-state index in [2.05, 4.69) is 15.9 Å². The Kier molecular flexibility index (Phi) is 3.24. The van der Waals surface area contributed by atoms with Gasteiger partial charge in [0.05, 0.1) is 5.56 Å². The van der Waals surface area contributed by atoms with Gasteiger partial charge in [-0.25, -0.2) is 0 Å². The third kappa shape index (κ3) is 2.11. The first-order chi connectivity index (χ1) is 6.38. The van der Waals surface area contributed by atoms with Crippen LogP contribution in [0.1, 0.15) is 22.3 Å². The molecule has 0 saturated heterocycles. The summed E-state index contributed by atoms with van der Waals surface area (Å²) in [6.45, 7) is 3.21. The Bertz CT molecular complexity index is 342. The quantitative estimate of drug-likeness (QED) is 0.668. The molecule has 0 N–H and O–H groups in total. The van der Waals surface area contributed by atoms with Crippen molar-refractivity contribution in [3.8, 4) is 0 Å². The van der Waals surface area contributed by atoms with E-state index in [0.29, 0.717) is 16.5 Å². The number of alkyl halides is 4. The Hall–Kier alpha value is -0.510. The van der Waals surface area contributed by atoms with E-state index in [1.54, 1.807) is 6.92 Å². The molecule has 1 rings (SSSR count). The molecule has 0 unspecified atom stereocenters. The lowest BCUT2D eigenvalue weighted by Crippen LogP contribution is -2.09. The van der Waals surface area contributed by atoms with Crippen LogP contribution in [0, 0.1) is 13.8 Å². The molecule has 0 aromatic heterocycles. The second kappa shape index (κ2) is 3.93. The maximum absolute atomic E-state index is 12.5. The van der Waals surface area contributed by atoms with Crippen molar-refractivity contribution < 1.29 is 13.2 Å². The lowest BCUT2D eigenvalue weighted by molar-refractivity contribution is -0.138. The first-order valence-corrected chi connectivity index (χ1v) is 5.22. The van der Waals surface area contributed by atoms with Gasteiger partial charge in [-0.1, -0.05) is 22.0 Å². The summed E-state index contributed by atoms with van der Waals surface area (Å²) < 4.78 is 37.4. The average molecular weight is 267 g/mol. The zero-order valence-corrected chi connectivity index (χ0v) is 9.46. The van der Waals surface area contributed by atoms with E-state index in [-0.39, 0.29) is 0 Å². The molecule has 0 bridgehead atoms. The lowest BCUT2D eigenvalue weighted by atomic mass is 9.99. The molecule has 0 radical (unpaired) electrons. The fourth-order valence-corrected chi connectivity index (χ4v) is 1.94. The molecule has 1 aromatic rings. The van der Waals surface area contributed by atoms with Crippen LogP contribution in [0.3, 0.4) is 0 Å². The third-order valence-electron chi connectivity index (χ3n) is 2.35. The Morgan fingerprint density at radius 3 is 2.14 bits per heavy atom. The SMILES string of the molecule is Cc1c(CBr)ccc(C(F)(F)F)c1C. The van der Waals surface area contributed by atoms with Crippen LogP contribution in [0.4, 0.5) is 13.2 Å². The number of hydrogen-bond acceptors (Lipinski definition) is 0. The van der Waals surface area contributed by atoms with E-state index in [1.807, 2.05) is 0 Å². The molecule has 14 heavy (non-hydrogen) atoms. The molecular weight excluding hydrogens is 257 g/mol. The van der Waals surface area contributed by atoms with Crippen LogP contribution in [0.15, 0.2) is 12.1 Å². The van der Waals surface area contributed by atoms with Gasteiger partial charge < -0.3 is 0 Å². The van der Waals surface area contributed by atoms with Crippen molar-refractivity contribution in [1.29, 1.82) is 0 Å². The molecular formula is C10H10BrF3. The summed E-state index contributed by atoms with van der Waals surface area (Å²) in [4.78, 5) is 0. The van der Waals surface area contributed by atoms with Gasteiger partial charge in [0.25, 0.3) is 0 Å². The molecule has 4 heteroatoms. The summed E-state index contributed by atoms with van der Waals surface area (Å²) >= 11 is 3.24. The Balaban J connectivity index is 3.31. The van der Waals surface area contributed by atoms with Gasteiger partial charge >= 0.3 is 6.18 Å². The number of benzene rings is 1. The average Bonchev–Trinajstić information content (AvgIpc) is 2.07. The smallest absolute Gasteiger partial charge is 0.166 e. The van der Waals surface area contributed by atoms with Gasteiger partial charge in [-0.05, 0) is 36.6 Å².